The maximum atomic E-state index is 12.2. The van der Waals surface area contributed by atoms with E-state index >= 15 is 0 Å². The second-order valence-corrected chi connectivity index (χ2v) is 6.04. The minimum Gasteiger partial charge on any atom is -0.444 e. The highest BCUT2D eigenvalue weighted by Gasteiger charge is 2.30. The average molecular weight is 242 g/mol. The summed E-state index contributed by atoms with van der Waals surface area (Å²) in [5.74, 6) is 0.438. The Labute approximate surface area is 105 Å². The van der Waals surface area contributed by atoms with Gasteiger partial charge >= 0.3 is 6.09 Å². The molecule has 1 unspecified atom stereocenters. The summed E-state index contributed by atoms with van der Waals surface area (Å²) in [5.41, 5.74) is -0.418. The summed E-state index contributed by atoms with van der Waals surface area (Å²) in [5, 5.41) is 3.38. The molecule has 0 aromatic rings. The van der Waals surface area contributed by atoms with Crippen molar-refractivity contribution in [1.29, 1.82) is 0 Å². The Hall–Kier alpha value is -0.770. The third-order valence-corrected chi connectivity index (χ3v) is 2.90. The molecule has 1 atom stereocenters. The molecule has 1 heterocycles. The van der Waals surface area contributed by atoms with Crippen molar-refractivity contribution in [3.8, 4) is 0 Å². The molecular formula is C13H26N2O2. The van der Waals surface area contributed by atoms with Gasteiger partial charge in [0.1, 0.15) is 5.60 Å². The number of hydrogen-bond donors (Lipinski definition) is 1. The van der Waals surface area contributed by atoms with Crippen LogP contribution in [0, 0.1) is 5.92 Å². The molecular weight excluding hydrogens is 216 g/mol. The maximum Gasteiger partial charge on any atom is 0.410 e. The van der Waals surface area contributed by atoms with E-state index in [0.29, 0.717) is 5.92 Å². The highest BCUT2D eigenvalue weighted by atomic mass is 16.6. The quantitative estimate of drug-likeness (QED) is 0.766. The van der Waals surface area contributed by atoms with E-state index in [4.69, 9.17) is 4.74 Å². The summed E-state index contributed by atoms with van der Waals surface area (Å²) in [6.07, 6.45) is 0.808. The number of nitrogens with zero attached hydrogens (tertiary/aromatic N) is 1. The van der Waals surface area contributed by atoms with E-state index in [1.54, 1.807) is 0 Å². The smallest absolute Gasteiger partial charge is 0.410 e. The van der Waals surface area contributed by atoms with Gasteiger partial charge in [-0.05, 0) is 39.7 Å². The number of amides is 1. The lowest BCUT2D eigenvalue weighted by atomic mass is 10.0. The second-order valence-electron chi connectivity index (χ2n) is 6.04. The van der Waals surface area contributed by atoms with Crippen LogP contribution in [-0.2, 0) is 4.74 Å². The van der Waals surface area contributed by atoms with Crippen LogP contribution in [0.15, 0.2) is 0 Å². The SMILES string of the molecule is CC(C)C1CNCCCN1C(=O)OC(C)(C)C. The van der Waals surface area contributed by atoms with Crippen LogP contribution in [0.3, 0.4) is 0 Å². The van der Waals surface area contributed by atoms with Crippen molar-refractivity contribution in [2.24, 2.45) is 5.92 Å². The van der Waals surface area contributed by atoms with Crippen molar-refractivity contribution < 1.29 is 9.53 Å². The molecule has 17 heavy (non-hydrogen) atoms. The Balaban J connectivity index is 2.72. The van der Waals surface area contributed by atoms with Crippen LogP contribution in [0.4, 0.5) is 4.79 Å². The van der Waals surface area contributed by atoms with Crippen LogP contribution >= 0.6 is 0 Å². The molecule has 1 amide bonds. The molecule has 100 valence electrons. The molecule has 1 fully saturated rings. The molecule has 1 rings (SSSR count). The van der Waals surface area contributed by atoms with E-state index in [1.165, 1.54) is 0 Å². The molecule has 0 aromatic carbocycles. The van der Waals surface area contributed by atoms with Crippen molar-refractivity contribution in [2.75, 3.05) is 19.6 Å². The van der Waals surface area contributed by atoms with Crippen LogP contribution < -0.4 is 5.32 Å². The number of hydrogen-bond acceptors (Lipinski definition) is 3. The van der Waals surface area contributed by atoms with Crippen molar-refractivity contribution in [3.63, 3.8) is 0 Å². The molecule has 1 N–H and O–H groups in total. The lowest BCUT2D eigenvalue weighted by molar-refractivity contribution is 0.0132. The van der Waals surface area contributed by atoms with Crippen LogP contribution in [0.2, 0.25) is 0 Å². The first kappa shape index (κ1) is 14.3. The van der Waals surface area contributed by atoms with Gasteiger partial charge in [0, 0.05) is 19.1 Å². The minimum absolute atomic E-state index is 0.181. The minimum atomic E-state index is -0.418. The Kier molecular flexibility index (Phi) is 4.80. The fraction of sp³-hybridized carbons (Fsp3) is 0.923. The van der Waals surface area contributed by atoms with Crippen molar-refractivity contribution >= 4 is 6.09 Å². The molecule has 0 saturated carbocycles. The summed E-state index contributed by atoms with van der Waals surface area (Å²) in [4.78, 5) is 14.0. The third-order valence-electron chi connectivity index (χ3n) is 2.90. The first-order valence-corrected chi connectivity index (χ1v) is 6.51. The zero-order valence-corrected chi connectivity index (χ0v) is 11.7. The van der Waals surface area contributed by atoms with Gasteiger partial charge in [-0.3, -0.25) is 0 Å². The lowest BCUT2D eigenvalue weighted by Crippen LogP contribution is -2.48. The number of carbonyl (C=O) groups is 1. The van der Waals surface area contributed by atoms with E-state index in [2.05, 4.69) is 19.2 Å². The Bertz CT molecular complexity index is 259. The summed E-state index contributed by atoms with van der Waals surface area (Å²) in [7, 11) is 0. The monoisotopic (exact) mass is 242 g/mol. The molecule has 0 aliphatic carbocycles. The van der Waals surface area contributed by atoms with Crippen molar-refractivity contribution in [2.45, 2.75) is 52.7 Å². The van der Waals surface area contributed by atoms with Crippen molar-refractivity contribution in [3.05, 3.63) is 0 Å². The number of ether oxygens (including phenoxy) is 1. The van der Waals surface area contributed by atoms with Crippen LogP contribution in [-0.4, -0.2) is 42.3 Å². The Morgan fingerprint density at radius 3 is 2.59 bits per heavy atom. The van der Waals surface area contributed by atoms with Gasteiger partial charge in [0.15, 0.2) is 0 Å². The first-order chi connectivity index (χ1) is 7.81. The van der Waals surface area contributed by atoms with Gasteiger partial charge < -0.3 is 15.0 Å². The molecule has 0 bridgehead atoms. The van der Waals surface area contributed by atoms with Gasteiger partial charge in [-0.1, -0.05) is 13.8 Å². The summed E-state index contributed by atoms with van der Waals surface area (Å²) >= 11 is 0. The fourth-order valence-corrected chi connectivity index (χ4v) is 2.04. The van der Waals surface area contributed by atoms with Crippen molar-refractivity contribution in [1.82, 2.24) is 10.2 Å². The van der Waals surface area contributed by atoms with Gasteiger partial charge in [-0.25, -0.2) is 4.79 Å². The molecule has 0 spiro atoms. The highest BCUT2D eigenvalue weighted by molar-refractivity contribution is 5.68. The highest BCUT2D eigenvalue weighted by Crippen LogP contribution is 2.17. The van der Waals surface area contributed by atoms with Crippen LogP contribution in [0.1, 0.15) is 41.0 Å². The summed E-state index contributed by atoms with van der Waals surface area (Å²) in [6, 6.07) is 0.229. The van der Waals surface area contributed by atoms with Gasteiger partial charge in [-0.2, -0.15) is 0 Å². The van der Waals surface area contributed by atoms with E-state index < -0.39 is 5.60 Å². The molecule has 1 saturated heterocycles. The zero-order valence-electron chi connectivity index (χ0n) is 11.7. The topological polar surface area (TPSA) is 41.6 Å². The number of rotatable bonds is 1. The van der Waals surface area contributed by atoms with E-state index in [-0.39, 0.29) is 12.1 Å². The van der Waals surface area contributed by atoms with Gasteiger partial charge in [0.05, 0.1) is 0 Å². The van der Waals surface area contributed by atoms with Gasteiger partial charge in [0.2, 0.25) is 0 Å². The molecule has 4 nitrogen and oxygen atoms in total. The molecule has 1 aliphatic heterocycles. The van der Waals surface area contributed by atoms with Crippen LogP contribution in [0.5, 0.6) is 0 Å². The van der Waals surface area contributed by atoms with Crippen LogP contribution in [0.25, 0.3) is 0 Å². The predicted molar refractivity (Wildman–Crippen MR) is 69.1 cm³/mol. The molecule has 4 heteroatoms. The predicted octanol–water partition coefficient (Wildman–Crippen LogP) is 2.24. The van der Waals surface area contributed by atoms with Gasteiger partial charge in [-0.15, -0.1) is 0 Å². The molecule has 0 aromatic heterocycles. The summed E-state index contributed by atoms with van der Waals surface area (Å²) < 4.78 is 5.47. The summed E-state index contributed by atoms with van der Waals surface area (Å²) in [6.45, 7) is 12.6. The second kappa shape index (κ2) is 5.71. The zero-order chi connectivity index (χ0) is 13.1. The van der Waals surface area contributed by atoms with E-state index in [9.17, 15) is 4.79 Å². The third kappa shape index (κ3) is 4.54. The molecule has 0 radical (unpaired) electrons. The maximum absolute atomic E-state index is 12.2. The van der Waals surface area contributed by atoms with E-state index in [0.717, 1.165) is 26.1 Å². The standard InChI is InChI=1S/C13H26N2O2/c1-10(2)11-9-14-7-6-8-15(11)12(16)17-13(3,4)5/h10-11,14H,6-9H2,1-5H3. The normalized spacial score (nSPS) is 22.5. The fourth-order valence-electron chi connectivity index (χ4n) is 2.04. The average Bonchev–Trinajstić information content (AvgIpc) is 2.39. The first-order valence-electron chi connectivity index (χ1n) is 6.51. The number of carbonyl (C=O) groups excluding carboxylic acids is 1. The Morgan fingerprint density at radius 2 is 2.06 bits per heavy atom. The Morgan fingerprint density at radius 1 is 1.41 bits per heavy atom. The number of nitrogens with one attached hydrogen (secondary N) is 1. The molecule has 1 aliphatic rings. The largest absolute Gasteiger partial charge is 0.444 e. The van der Waals surface area contributed by atoms with E-state index in [1.807, 2.05) is 25.7 Å². The van der Waals surface area contributed by atoms with Gasteiger partial charge in [0.25, 0.3) is 0 Å². The lowest BCUT2D eigenvalue weighted by Gasteiger charge is -2.34.